The summed E-state index contributed by atoms with van der Waals surface area (Å²) in [6, 6.07) is 8.08. The van der Waals surface area contributed by atoms with Gasteiger partial charge < -0.3 is 9.80 Å². The molecule has 0 radical (unpaired) electrons. The molecule has 1 aliphatic heterocycles. The summed E-state index contributed by atoms with van der Waals surface area (Å²) in [5.41, 5.74) is -2.03. The standard InChI is InChI=1S/C18H15F4N3O3/c19-15-4-2-1-3-13(15)17(26)24-9-7-23(8-10-24)16-6-5-12(25(27)28)11-14(16)18(20,21)22/h1-6,11H,7-10H2. The molecule has 0 aliphatic carbocycles. The van der Waals surface area contributed by atoms with E-state index in [-0.39, 0.29) is 37.4 Å². The summed E-state index contributed by atoms with van der Waals surface area (Å²) in [4.78, 5) is 25.1. The van der Waals surface area contributed by atoms with Gasteiger partial charge in [0.2, 0.25) is 0 Å². The Balaban J connectivity index is 1.79. The van der Waals surface area contributed by atoms with Crippen molar-refractivity contribution in [1.82, 2.24) is 4.90 Å². The van der Waals surface area contributed by atoms with Crippen molar-refractivity contribution in [3.8, 4) is 0 Å². The molecule has 1 saturated heterocycles. The Morgan fingerprint density at radius 2 is 1.68 bits per heavy atom. The van der Waals surface area contributed by atoms with Crippen LogP contribution < -0.4 is 4.90 Å². The molecule has 3 rings (SSSR count). The molecule has 0 N–H and O–H groups in total. The number of rotatable bonds is 3. The number of anilines is 1. The van der Waals surface area contributed by atoms with Gasteiger partial charge in [0.25, 0.3) is 11.6 Å². The number of halogens is 4. The molecule has 1 amide bonds. The number of non-ortho nitro benzene ring substituents is 1. The molecular formula is C18H15F4N3O3. The van der Waals surface area contributed by atoms with Crippen LogP contribution in [-0.4, -0.2) is 41.9 Å². The molecule has 2 aromatic rings. The first-order valence-corrected chi connectivity index (χ1v) is 8.33. The molecule has 0 aromatic heterocycles. The van der Waals surface area contributed by atoms with Gasteiger partial charge in [0, 0.05) is 44.0 Å². The Kier molecular flexibility index (Phi) is 5.21. The number of benzene rings is 2. The van der Waals surface area contributed by atoms with Crippen LogP contribution in [-0.2, 0) is 6.18 Å². The maximum atomic E-state index is 13.8. The number of amides is 1. The maximum Gasteiger partial charge on any atom is 0.418 e. The number of nitrogens with zero attached hydrogens (tertiary/aromatic N) is 3. The van der Waals surface area contributed by atoms with Gasteiger partial charge >= 0.3 is 6.18 Å². The molecule has 0 atom stereocenters. The lowest BCUT2D eigenvalue weighted by atomic mass is 10.1. The van der Waals surface area contributed by atoms with E-state index >= 15 is 0 Å². The van der Waals surface area contributed by atoms with E-state index < -0.39 is 34.1 Å². The second-order valence-electron chi connectivity index (χ2n) is 6.22. The van der Waals surface area contributed by atoms with Crippen molar-refractivity contribution in [2.24, 2.45) is 0 Å². The second-order valence-corrected chi connectivity index (χ2v) is 6.22. The molecule has 0 bridgehead atoms. The summed E-state index contributed by atoms with van der Waals surface area (Å²) in [6.45, 7) is 0.366. The van der Waals surface area contributed by atoms with Crippen molar-refractivity contribution in [2.75, 3.05) is 31.1 Å². The van der Waals surface area contributed by atoms with Gasteiger partial charge in [0.1, 0.15) is 5.82 Å². The number of hydrogen-bond donors (Lipinski definition) is 0. The number of carbonyl (C=O) groups excluding carboxylic acids is 1. The summed E-state index contributed by atoms with van der Waals surface area (Å²) in [7, 11) is 0. The van der Waals surface area contributed by atoms with Gasteiger partial charge in [0.15, 0.2) is 0 Å². The van der Waals surface area contributed by atoms with E-state index in [2.05, 4.69) is 0 Å². The third-order valence-corrected chi connectivity index (χ3v) is 4.51. The van der Waals surface area contributed by atoms with Crippen LogP contribution in [0.2, 0.25) is 0 Å². The van der Waals surface area contributed by atoms with E-state index in [9.17, 15) is 32.5 Å². The second kappa shape index (κ2) is 7.45. The van der Waals surface area contributed by atoms with E-state index in [0.717, 1.165) is 18.2 Å². The maximum absolute atomic E-state index is 13.8. The predicted molar refractivity (Wildman–Crippen MR) is 92.6 cm³/mol. The van der Waals surface area contributed by atoms with Crippen LogP contribution in [0.4, 0.5) is 28.9 Å². The van der Waals surface area contributed by atoms with Crippen molar-refractivity contribution in [3.05, 3.63) is 69.5 Å². The Morgan fingerprint density at radius 1 is 1.04 bits per heavy atom. The average molecular weight is 397 g/mol. The van der Waals surface area contributed by atoms with Gasteiger partial charge in [-0.15, -0.1) is 0 Å². The highest BCUT2D eigenvalue weighted by Gasteiger charge is 2.37. The zero-order valence-corrected chi connectivity index (χ0v) is 14.4. The fourth-order valence-electron chi connectivity index (χ4n) is 3.10. The molecule has 1 heterocycles. The molecule has 6 nitrogen and oxygen atoms in total. The minimum Gasteiger partial charge on any atom is -0.367 e. The zero-order chi connectivity index (χ0) is 20.5. The molecule has 1 aliphatic rings. The van der Waals surface area contributed by atoms with Crippen LogP contribution in [0.25, 0.3) is 0 Å². The molecular weight excluding hydrogens is 382 g/mol. The van der Waals surface area contributed by atoms with E-state index in [0.29, 0.717) is 6.07 Å². The van der Waals surface area contributed by atoms with Crippen LogP contribution in [0.1, 0.15) is 15.9 Å². The molecule has 2 aromatic carbocycles. The number of hydrogen-bond acceptors (Lipinski definition) is 4. The minimum atomic E-state index is -4.76. The van der Waals surface area contributed by atoms with Gasteiger partial charge in [0.05, 0.1) is 16.1 Å². The summed E-state index contributed by atoms with van der Waals surface area (Å²) in [5, 5.41) is 10.8. The van der Waals surface area contributed by atoms with Crippen molar-refractivity contribution in [2.45, 2.75) is 6.18 Å². The third kappa shape index (κ3) is 3.90. The Morgan fingerprint density at radius 3 is 2.25 bits per heavy atom. The van der Waals surface area contributed by atoms with E-state index in [1.165, 1.54) is 28.0 Å². The van der Waals surface area contributed by atoms with Gasteiger partial charge in [-0.25, -0.2) is 4.39 Å². The lowest BCUT2D eigenvalue weighted by Crippen LogP contribution is -2.49. The van der Waals surface area contributed by atoms with Gasteiger partial charge in [-0.1, -0.05) is 12.1 Å². The van der Waals surface area contributed by atoms with Crippen molar-refractivity contribution in [1.29, 1.82) is 0 Å². The van der Waals surface area contributed by atoms with Crippen LogP contribution >= 0.6 is 0 Å². The number of nitro benzene ring substituents is 1. The number of carbonyl (C=O) groups is 1. The van der Waals surface area contributed by atoms with Gasteiger partial charge in [-0.3, -0.25) is 14.9 Å². The Hall–Kier alpha value is -3.17. The first kappa shape index (κ1) is 19.6. The number of piperazine rings is 1. The highest BCUT2D eigenvalue weighted by Crippen LogP contribution is 2.39. The van der Waals surface area contributed by atoms with Crippen molar-refractivity contribution < 1.29 is 27.3 Å². The van der Waals surface area contributed by atoms with E-state index in [1.54, 1.807) is 0 Å². The fraction of sp³-hybridized carbons (Fsp3) is 0.278. The first-order chi connectivity index (χ1) is 13.2. The first-order valence-electron chi connectivity index (χ1n) is 8.33. The molecule has 28 heavy (non-hydrogen) atoms. The summed E-state index contributed by atoms with van der Waals surface area (Å²) in [5.74, 6) is -1.19. The molecule has 0 unspecified atom stereocenters. The fourth-order valence-corrected chi connectivity index (χ4v) is 3.10. The van der Waals surface area contributed by atoms with Crippen molar-refractivity contribution in [3.63, 3.8) is 0 Å². The zero-order valence-electron chi connectivity index (χ0n) is 14.4. The lowest BCUT2D eigenvalue weighted by molar-refractivity contribution is -0.385. The SMILES string of the molecule is O=C(c1ccccc1F)N1CCN(c2ccc([N+](=O)[O-])cc2C(F)(F)F)CC1. The highest BCUT2D eigenvalue weighted by atomic mass is 19.4. The molecule has 0 saturated carbocycles. The van der Waals surface area contributed by atoms with Crippen LogP contribution in [0.5, 0.6) is 0 Å². The van der Waals surface area contributed by atoms with Crippen LogP contribution in [0.3, 0.4) is 0 Å². The lowest BCUT2D eigenvalue weighted by Gasteiger charge is -2.37. The number of nitro groups is 1. The largest absolute Gasteiger partial charge is 0.418 e. The monoisotopic (exact) mass is 397 g/mol. The summed E-state index contributed by atoms with van der Waals surface area (Å²) >= 11 is 0. The van der Waals surface area contributed by atoms with Gasteiger partial charge in [-0.05, 0) is 18.2 Å². The van der Waals surface area contributed by atoms with E-state index in [4.69, 9.17) is 0 Å². The quantitative estimate of drug-likeness (QED) is 0.450. The Labute approximate surface area is 157 Å². The molecule has 148 valence electrons. The van der Waals surface area contributed by atoms with Gasteiger partial charge in [-0.2, -0.15) is 13.2 Å². The minimum absolute atomic E-state index is 0.0844. The Bertz CT molecular complexity index is 909. The van der Waals surface area contributed by atoms with E-state index in [1.807, 2.05) is 0 Å². The van der Waals surface area contributed by atoms with Crippen molar-refractivity contribution >= 4 is 17.3 Å². The van der Waals surface area contributed by atoms with Crippen LogP contribution in [0.15, 0.2) is 42.5 Å². The highest BCUT2D eigenvalue weighted by molar-refractivity contribution is 5.94. The summed E-state index contributed by atoms with van der Waals surface area (Å²) in [6.07, 6.45) is -4.76. The smallest absolute Gasteiger partial charge is 0.367 e. The molecule has 0 spiro atoms. The van der Waals surface area contributed by atoms with Crippen LogP contribution in [0, 0.1) is 15.9 Å². The number of alkyl halides is 3. The normalized spacial score (nSPS) is 14.9. The topological polar surface area (TPSA) is 66.7 Å². The third-order valence-electron chi connectivity index (χ3n) is 4.51. The average Bonchev–Trinajstić information content (AvgIpc) is 2.67. The molecule has 10 heteroatoms. The summed E-state index contributed by atoms with van der Waals surface area (Å²) < 4.78 is 53.9. The molecule has 1 fully saturated rings. The predicted octanol–water partition coefficient (Wildman–Crippen LogP) is 3.72.